The van der Waals surface area contributed by atoms with Gasteiger partial charge in [-0.3, -0.25) is 5.10 Å². The van der Waals surface area contributed by atoms with Gasteiger partial charge in [-0.05, 0) is 19.1 Å². The van der Waals surface area contributed by atoms with E-state index in [1.165, 1.54) is 0 Å². The lowest BCUT2D eigenvalue weighted by atomic mass is 10.2. The number of nitrogens with zero attached hydrogens (tertiary/aromatic N) is 2. The van der Waals surface area contributed by atoms with Crippen LogP contribution in [-0.2, 0) is 0 Å². The molecule has 78 valence electrons. The molecular weight excluding hydrogens is 235 g/mol. The molecule has 2 aromatic rings. The van der Waals surface area contributed by atoms with Gasteiger partial charge in [0, 0.05) is 5.56 Å². The highest BCUT2D eigenvalue weighted by molar-refractivity contribution is 6.39. The first kappa shape index (κ1) is 10.3. The average Bonchev–Trinajstić information content (AvgIpc) is 2.60. The predicted octanol–water partition coefficient (Wildman–Crippen LogP) is 2.67. The van der Waals surface area contributed by atoms with E-state index < -0.39 is 0 Å². The summed E-state index contributed by atoms with van der Waals surface area (Å²) in [4.78, 5) is 4.17. The molecular formula is C9H8Cl2N4. The van der Waals surface area contributed by atoms with Crippen LogP contribution in [0.25, 0.3) is 11.4 Å². The van der Waals surface area contributed by atoms with E-state index in [2.05, 4.69) is 15.2 Å². The Kier molecular flexibility index (Phi) is 2.54. The minimum atomic E-state index is 0.370. The number of aromatic amines is 1. The zero-order valence-corrected chi connectivity index (χ0v) is 9.39. The molecule has 0 aliphatic rings. The monoisotopic (exact) mass is 242 g/mol. The zero-order chi connectivity index (χ0) is 11.0. The molecule has 0 amide bonds. The summed E-state index contributed by atoms with van der Waals surface area (Å²) in [6, 6.07) is 3.37. The molecule has 0 aliphatic carbocycles. The molecule has 3 N–H and O–H groups in total. The quantitative estimate of drug-likeness (QED) is 0.756. The van der Waals surface area contributed by atoms with E-state index in [1.807, 2.05) is 6.92 Å². The number of nitrogen functional groups attached to an aromatic ring is 1. The number of nitrogens with two attached hydrogens (primary N) is 1. The second-order valence-electron chi connectivity index (χ2n) is 3.10. The van der Waals surface area contributed by atoms with Crippen LogP contribution in [0, 0.1) is 6.92 Å². The molecule has 0 saturated heterocycles. The minimum absolute atomic E-state index is 0.370. The molecule has 4 nitrogen and oxygen atoms in total. The number of aryl methyl sites for hydroxylation is 1. The van der Waals surface area contributed by atoms with Crippen molar-refractivity contribution in [3.63, 3.8) is 0 Å². The maximum Gasteiger partial charge on any atom is 0.181 e. The van der Waals surface area contributed by atoms with Gasteiger partial charge in [0.25, 0.3) is 0 Å². The number of hydrogen-bond acceptors (Lipinski definition) is 3. The fourth-order valence-corrected chi connectivity index (χ4v) is 1.67. The lowest BCUT2D eigenvalue weighted by Gasteiger charge is -2.02. The first-order valence-electron chi connectivity index (χ1n) is 4.22. The van der Waals surface area contributed by atoms with Crippen molar-refractivity contribution in [2.75, 3.05) is 5.73 Å². The molecule has 2 rings (SSSR count). The fourth-order valence-electron chi connectivity index (χ4n) is 1.19. The van der Waals surface area contributed by atoms with E-state index in [0.717, 1.165) is 11.4 Å². The highest BCUT2D eigenvalue weighted by Crippen LogP contribution is 2.32. The van der Waals surface area contributed by atoms with Crippen molar-refractivity contribution in [2.24, 2.45) is 0 Å². The van der Waals surface area contributed by atoms with Crippen LogP contribution in [0.5, 0.6) is 0 Å². The van der Waals surface area contributed by atoms with Gasteiger partial charge >= 0.3 is 0 Å². The maximum atomic E-state index is 5.90. The van der Waals surface area contributed by atoms with Gasteiger partial charge in [0.15, 0.2) is 5.82 Å². The number of aromatic nitrogens is 3. The predicted molar refractivity (Wildman–Crippen MR) is 61.0 cm³/mol. The van der Waals surface area contributed by atoms with E-state index in [-0.39, 0.29) is 0 Å². The van der Waals surface area contributed by atoms with Crippen LogP contribution in [0.1, 0.15) is 5.82 Å². The van der Waals surface area contributed by atoms with Gasteiger partial charge in [-0.15, -0.1) is 0 Å². The third-order valence-electron chi connectivity index (χ3n) is 1.93. The Bertz CT molecular complexity index is 484. The lowest BCUT2D eigenvalue weighted by Crippen LogP contribution is -1.90. The molecule has 1 aromatic carbocycles. The van der Waals surface area contributed by atoms with Crippen molar-refractivity contribution < 1.29 is 0 Å². The Labute approximate surface area is 96.4 Å². The smallest absolute Gasteiger partial charge is 0.181 e. The van der Waals surface area contributed by atoms with Crippen molar-refractivity contribution >= 4 is 28.9 Å². The van der Waals surface area contributed by atoms with E-state index >= 15 is 0 Å². The summed E-state index contributed by atoms with van der Waals surface area (Å²) in [7, 11) is 0. The topological polar surface area (TPSA) is 67.6 Å². The van der Waals surface area contributed by atoms with E-state index in [0.29, 0.717) is 21.6 Å². The average molecular weight is 243 g/mol. The van der Waals surface area contributed by atoms with Crippen LogP contribution in [-0.4, -0.2) is 15.2 Å². The highest BCUT2D eigenvalue weighted by atomic mass is 35.5. The standard InChI is InChI=1S/C9H8Cl2N4/c1-4-13-9(15-14-4)5-2-6(10)8(12)7(11)3-5/h2-3H,12H2,1H3,(H,13,14,15). The first-order chi connectivity index (χ1) is 7.08. The molecule has 0 unspecified atom stereocenters. The van der Waals surface area contributed by atoms with Crippen molar-refractivity contribution in [1.29, 1.82) is 0 Å². The van der Waals surface area contributed by atoms with Gasteiger partial charge in [0.1, 0.15) is 5.82 Å². The zero-order valence-electron chi connectivity index (χ0n) is 7.88. The summed E-state index contributed by atoms with van der Waals surface area (Å²) >= 11 is 11.8. The number of H-pyrrole nitrogens is 1. The summed E-state index contributed by atoms with van der Waals surface area (Å²) in [6.45, 7) is 1.82. The van der Waals surface area contributed by atoms with Crippen molar-refractivity contribution in [1.82, 2.24) is 15.2 Å². The maximum absolute atomic E-state index is 5.90. The van der Waals surface area contributed by atoms with E-state index in [1.54, 1.807) is 12.1 Å². The molecule has 15 heavy (non-hydrogen) atoms. The van der Waals surface area contributed by atoms with Crippen LogP contribution in [0.15, 0.2) is 12.1 Å². The summed E-state index contributed by atoms with van der Waals surface area (Å²) in [5.74, 6) is 1.28. The molecule has 1 aromatic heterocycles. The van der Waals surface area contributed by atoms with Gasteiger partial charge < -0.3 is 5.73 Å². The second-order valence-corrected chi connectivity index (χ2v) is 3.91. The summed E-state index contributed by atoms with van der Waals surface area (Å²) in [6.07, 6.45) is 0. The van der Waals surface area contributed by atoms with E-state index in [4.69, 9.17) is 28.9 Å². The normalized spacial score (nSPS) is 10.6. The molecule has 1 heterocycles. The Hall–Kier alpha value is -1.26. The van der Waals surface area contributed by atoms with Crippen LogP contribution < -0.4 is 5.73 Å². The van der Waals surface area contributed by atoms with E-state index in [9.17, 15) is 0 Å². The van der Waals surface area contributed by atoms with Crippen LogP contribution in [0.3, 0.4) is 0 Å². The van der Waals surface area contributed by atoms with Crippen molar-refractivity contribution in [3.05, 3.63) is 28.0 Å². The molecule has 0 saturated carbocycles. The summed E-state index contributed by atoms with van der Waals surface area (Å²) in [5, 5.41) is 7.55. The Balaban J connectivity index is 2.55. The molecule has 0 spiro atoms. The Morgan fingerprint density at radius 3 is 2.33 bits per heavy atom. The number of anilines is 1. The van der Waals surface area contributed by atoms with Gasteiger partial charge in [-0.2, -0.15) is 5.10 Å². The number of halogens is 2. The molecule has 0 radical (unpaired) electrons. The van der Waals surface area contributed by atoms with Crippen LogP contribution >= 0.6 is 23.2 Å². The summed E-state index contributed by atoms with van der Waals surface area (Å²) < 4.78 is 0. The molecule has 0 fully saturated rings. The number of hydrogen-bond donors (Lipinski definition) is 2. The number of rotatable bonds is 1. The molecule has 0 aliphatic heterocycles. The molecule has 0 atom stereocenters. The Morgan fingerprint density at radius 1 is 1.27 bits per heavy atom. The summed E-state index contributed by atoms with van der Waals surface area (Å²) in [5.41, 5.74) is 6.73. The highest BCUT2D eigenvalue weighted by Gasteiger charge is 2.09. The van der Waals surface area contributed by atoms with Gasteiger partial charge in [-0.25, -0.2) is 4.98 Å². The molecule has 0 bridgehead atoms. The lowest BCUT2D eigenvalue weighted by molar-refractivity contribution is 1.04. The van der Waals surface area contributed by atoms with Crippen LogP contribution in [0.2, 0.25) is 10.0 Å². The SMILES string of the molecule is Cc1nc(-c2cc(Cl)c(N)c(Cl)c2)n[nH]1. The van der Waals surface area contributed by atoms with Gasteiger partial charge in [-0.1, -0.05) is 23.2 Å². The van der Waals surface area contributed by atoms with Crippen molar-refractivity contribution in [2.45, 2.75) is 6.92 Å². The Morgan fingerprint density at radius 2 is 1.87 bits per heavy atom. The van der Waals surface area contributed by atoms with Gasteiger partial charge in [0.05, 0.1) is 15.7 Å². The van der Waals surface area contributed by atoms with Gasteiger partial charge in [0.2, 0.25) is 0 Å². The number of benzene rings is 1. The number of nitrogens with one attached hydrogen (secondary N) is 1. The first-order valence-corrected chi connectivity index (χ1v) is 4.97. The third-order valence-corrected chi connectivity index (χ3v) is 2.56. The largest absolute Gasteiger partial charge is 0.396 e. The fraction of sp³-hybridized carbons (Fsp3) is 0.111. The third kappa shape index (κ3) is 1.91. The van der Waals surface area contributed by atoms with Crippen molar-refractivity contribution in [3.8, 4) is 11.4 Å². The second kappa shape index (κ2) is 3.72. The molecule has 6 heteroatoms. The van der Waals surface area contributed by atoms with Crippen LogP contribution in [0.4, 0.5) is 5.69 Å². The minimum Gasteiger partial charge on any atom is -0.396 e.